The quantitative estimate of drug-likeness (QED) is 0.872. The maximum Gasteiger partial charge on any atom is 0.230 e. The van der Waals surface area contributed by atoms with E-state index >= 15 is 0 Å². The molecule has 1 atom stereocenters. The van der Waals surface area contributed by atoms with Crippen LogP contribution in [0.15, 0.2) is 18.2 Å². The maximum atomic E-state index is 11.8. The van der Waals surface area contributed by atoms with E-state index < -0.39 is 0 Å². The molecule has 2 N–H and O–H groups in total. The van der Waals surface area contributed by atoms with Crippen LogP contribution in [0.5, 0.6) is 5.75 Å². The molecular formula is C14H20N2O2. The predicted molar refractivity (Wildman–Crippen MR) is 71.7 cm³/mol. The normalized spacial score (nSPS) is 17.2. The minimum Gasteiger partial charge on any atom is -0.491 e. The highest BCUT2D eigenvalue weighted by atomic mass is 16.5. The van der Waals surface area contributed by atoms with E-state index in [1.807, 2.05) is 18.2 Å². The first-order chi connectivity index (χ1) is 8.50. The Morgan fingerprint density at radius 3 is 2.78 bits per heavy atom. The maximum absolute atomic E-state index is 11.8. The lowest BCUT2D eigenvalue weighted by atomic mass is 9.96. The van der Waals surface area contributed by atoms with Crippen LogP contribution in [0.2, 0.25) is 0 Å². The molecule has 0 radical (unpaired) electrons. The van der Waals surface area contributed by atoms with Gasteiger partial charge in [-0.15, -0.1) is 0 Å². The van der Waals surface area contributed by atoms with Gasteiger partial charge in [-0.1, -0.05) is 19.9 Å². The van der Waals surface area contributed by atoms with E-state index in [-0.39, 0.29) is 11.9 Å². The van der Waals surface area contributed by atoms with Crippen molar-refractivity contribution in [2.45, 2.75) is 26.3 Å². The van der Waals surface area contributed by atoms with Gasteiger partial charge in [0.15, 0.2) is 0 Å². The van der Waals surface area contributed by atoms with Gasteiger partial charge in [0.2, 0.25) is 5.91 Å². The molecule has 0 aromatic heterocycles. The average Bonchev–Trinajstić information content (AvgIpc) is 2.49. The Labute approximate surface area is 108 Å². The zero-order valence-electron chi connectivity index (χ0n) is 11.1. The van der Waals surface area contributed by atoms with Gasteiger partial charge >= 0.3 is 0 Å². The molecule has 2 rings (SSSR count). The van der Waals surface area contributed by atoms with E-state index in [1.54, 1.807) is 11.9 Å². The lowest BCUT2D eigenvalue weighted by Crippen LogP contribution is -2.25. The van der Waals surface area contributed by atoms with Gasteiger partial charge in [-0.3, -0.25) is 4.79 Å². The van der Waals surface area contributed by atoms with Crippen molar-refractivity contribution in [3.05, 3.63) is 23.8 Å². The fourth-order valence-corrected chi connectivity index (χ4v) is 2.06. The third-order valence-corrected chi connectivity index (χ3v) is 3.40. The zero-order valence-corrected chi connectivity index (χ0v) is 11.1. The summed E-state index contributed by atoms with van der Waals surface area (Å²) in [6.07, 6.45) is 0.413. The monoisotopic (exact) mass is 248 g/mol. The highest BCUT2D eigenvalue weighted by Gasteiger charge is 2.21. The minimum absolute atomic E-state index is 0.0259. The number of hydrogen-bond acceptors (Lipinski definition) is 3. The molecule has 4 nitrogen and oxygen atoms in total. The number of ether oxygens (including phenoxy) is 1. The molecule has 1 heterocycles. The molecule has 1 aliphatic heterocycles. The molecule has 0 saturated carbocycles. The molecule has 18 heavy (non-hydrogen) atoms. The first-order valence-electron chi connectivity index (χ1n) is 6.29. The number of fused-ring (bicyclic) bond motifs is 1. The van der Waals surface area contributed by atoms with Crippen LogP contribution in [0.4, 0.5) is 5.69 Å². The van der Waals surface area contributed by atoms with Gasteiger partial charge in [-0.2, -0.15) is 0 Å². The summed E-state index contributed by atoms with van der Waals surface area (Å²) < 4.78 is 5.58. The van der Waals surface area contributed by atoms with Crippen molar-refractivity contribution in [1.29, 1.82) is 0 Å². The van der Waals surface area contributed by atoms with Crippen LogP contribution < -0.4 is 15.4 Å². The average molecular weight is 248 g/mol. The summed E-state index contributed by atoms with van der Waals surface area (Å²) in [6, 6.07) is 5.82. The van der Waals surface area contributed by atoms with Gasteiger partial charge in [-0.25, -0.2) is 0 Å². The van der Waals surface area contributed by atoms with Gasteiger partial charge in [-0.05, 0) is 23.6 Å². The summed E-state index contributed by atoms with van der Waals surface area (Å²) in [5.41, 5.74) is 7.99. The molecular weight excluding hydrogens is 228 g/mol. The molecule has 1 amide bonds. The minimum atomic E-state index is -0.0259. The van der Waals surface area contributed by atoms with E-state index in [2.05, 4.69) is 13.8 Å². The molecule has 1 unspecified atom stereocenters. The second-order valence-electron chi connectivity index (χ2n) is 5.05. The second-order valence-corrected chi connectivity index (χ2v) is 5.05. The summed E-state index contributed by atoms with van der Waals surface area (Å²) in [6.45, 7) is 4.61. The van der Waals surface area contributed by atoms with Crippen molar-refractivity contribution in [3.63, 3.8) is 0 Å². The van der Waals surface area contributed by atoms with E-state index in [0.29, 0.717) is 18.9 Å². The molecule has 98 valence electrons. The van der Waals surface area contributed by atoms with Crippen LogP contribution in [0.25, 0.3) is 0 Å². The summed E-state index contributed by atoms with van der Waals surface area (Å²) >= 11 is 0. The van der Waals surface area contributed by atoms with Gasteiger partial charge in [0, 0.05) is 13.1 Å². The zero-order chi connectivity index (χ0) is 13.3. The van der Waals surface area contributed by atoms with Crippen LogP contribution in [0, 0.1) is 5.92 Å². The van der Waals surface area contributed by atoms with Crippen molar-refractivity contribution in [3.8, 4) is 5.75 Å². The number of carbonyl (C=O) groups excluding carboxylic acids is 1. The molecule has 0 fully saturated rings. The number of nitrogens with two attached hydrogens (primary N) is 1. The van der Waals surface area contributed by atoms with Crippen LogP contribution in [-0.4, -0.2) is 19.6 Å². The number of amides is 1. The molecule has 0 aliphatic carbocycles. The predicted octanol–water partition coefficient (Wildman–Crippen LogP) is 2.09. The smallest absolute Gasteiger partial charge is 0.230 e. The highest BCUT2D eigenvalue weighted by molar-refractivity contribution is 5.95. The first-order valence-corrected chi connectivity index (χ1v) is 6.29. The summed E-state index contributed by atoms with van der Waals surface area (Å²) in [5.74, 6) is 1.18. The van der Waals surface area contributed by atoms with E-state index in [9.17, 15) is 4.79 Å². The van der Waals surface area contributed by atoms with E-state index in [1.165, 1.54) is 0 Å². The summed E-state index contributed by atoms with van der Waals surface area (Å²) in [7, 11) is 1.78. The molecule has 1 aromatic rings. The Morgan fingerprint density at radius 2 is 2.11 bits per heavy atom. The molecule has 0 bridgehead atoms. The fourth-order valence-electron chi connectivity index (χ4n) is 2.06. The second kappa shape index (κ2) is 4.98. The van der Waals surface area contributed by atoms with E-state index in [4.69, 9.17) is 10.5 Å². The Kier molecular flexibility index (Phi) is 3.57. The van der Waals surface area contributed by atoms with Crippen LogP contribution in [-0.2, 0) is 4.79 Å². The van der Waals surface area contributed by atoms with Gasteiger partial charge in [0.1, 0.15) is 5.75 Å². The number of carbonyl (C=O) groups is 1. The lowest BCUT2D eigenvalue weighted by molar-refractivity contribution is -0.118. The molecule has 4 heteroatoms. The first kappa shape index (κ1) is 12.9. The number of benzene rings is 1. The molecule has 0 saturated heterocycles. The number of hydrogen-bond donors (Lipinski definition) is 1. The third kappa shape index (κ3) is 2.34. The summed E-state index contributed by atoms with van der Waals surface area (Å²) in [4.78, 5) is 13.5. The Hall–Kier alpha value is -1.55. The topological polar surface area (TPSA) is 55.6 Å². The van der Waals surface area contributed by atoms with Crippen molar-refractivity contribution in [2.24, 2.45) is 11.7 Å². The van der Waals surface area contributed by atoms with Crippen LogP contribution >= 0.6 is 0 Å². The largest absolute Gasteiger partial charge is 0.491 e. The molecule has 1 aliphatic rings. The van der Waals surface area contributed by atoms with Crippen LogP contribution in [0.1, 0.15) is 31.9 Å². The Morgan fingerprint density at radius 1 is 1.39 bits per heavy atom. The van der Waals surface area contributed by atoms with E-state index in [0.717, 1.165) is 17.0 Å². The van der Waals surface area contributed by atoms with Gasteiger partial charge < -0.3 is 15.4 Å². The van der Waals surface area contributed by atoms with Crippen LogP contribution in [0.3, 0.4) is 0 Å². The van der Waals surface area contributed by atoms with Gasteiger partial charge in [0.05, 0.1) is 18.7 Å². The number of rotatable bonds is 2. The van der Waals surface area contributed by atoms with Crippen molar-refractivity contribution >= 4 is 11.6 Å². The number of anilines is 1. The summed E-state index contributed by atoms with van der Waals surface area (Å²) in [5, 5.41) is 0. The Balaban J connectivity index is 2.40. The number of nitrogens with zero attached hydrogens (tertiary/aromatic N) is 1. The molecule has 1 aromatic carbocycles. The SMILES string of the molecule is CC(C)C(N)c1ccc2c(c1)N(C)C(=O)CCO2. The third-order valence-electron chi connectivity index (χ3n) is 3.40. The molecule has 0 spiro atoms. The lowest BCUT2D eigenvalue weighted by Gasteiger charge is -2.21. The van der Waals surface area contributed by atoms with Crippen molar-refractivity contribution < 1.29 is 9.53 Å². The van der Waals surface area contributed by atoms with Crippen molar-refractivity contribution in [2.75, 3.05) is 18.6 Å². The van der Waals surface area contributed by atoms with Gasteiger partial charge in [0.25, 0.3) is 0 Å². The van der Waals surface area contributed by atoms with Crippen molar-refractivity contribution in [1.82, 2.24) is 0 Å². The fraction of sp³-hybridized carbons (Fsp3) is 0.500. The standard InChI is InChI=1S/C14H20N2O2/c1-9(2)14(15)10-4-5-12-11(8-10)16(3)13(17)6-7-18-12/h4-5,8-9,14H,6-7,15H2,1-3H3. The Bertz CT molecular complexity index is 457. The highest BCUT2D eigenvalue weighted by Crippen LogP contribution is 2.33.